The molecule has 0 saturated carbocycles. The lowest BCUT2D eigenvalue weighted by molar-refractivity contribution is -0.159. The third-order valence-corrected chi connectivity index (χ3v) is 5.77. The maximum absolute atomic E-state index is 12.5. The monoisotopic (exact) mass is 370 g/mol. The lowest BCUT2D eigenvalue weighted by Crippen LogP contribution is -2.48. The van der Waals surface area contributed by atoms with Crippen LogP contribution in [0.4, 0.5) is 18.9 Å². The smallest absolute Gasteiger partial charge is 0.332 e. The minimum absolute atomic E-state index is 0.0441. The van der Waals surface area contributed by atoms with E-state index in [-0.39, 0.29) is 17.1 Å². The summed E-state index contributed by atoms with van der Waals surface area (Å²) >= 11 is 1.03. The largest absolute Gasteiger partial charge is 0.406 e. The van der Waals surface area contributed by atoms with E-state index in [9.17, 15) is 31.2 Å². The summed E-state index contributed by atoms with van der Waals surface area (Å²) in [7, 11) is -4.07. The molecule has 6 nitrogen and oxygen atoms in total. The summed E-state index contributed by atoms with van der Waals surface area (Å²) in [4.78, 5) is 24.5. The van der Waals surface area contributed by atoms with E-state index < -0.39 is 46.7 Å². The van der Waals surface area contributed by atoms with Crippen LogP contribution in [0.1, 0.15) is 16.6 Å². The quantitative estimate of drug-likeness (QED) is 0.805. The number of anilines is 1. The second-order valence-electron chi connectivity index (χ2n) is 4.84. The van der Waals surface area contributed by atoms with Gasteiger partial charge in [0.2, 0.25) is 15.9 Å². The molecule has 0 radical (unpaired) electrons. The number of nitrogens with zero attached hydrogens (tertiary/aromatic N) is 2. The van der Waals surface area contributed by atoms with E-state index in [0.29, 0.717) is 9.21 Å². The number of alkyl halides is 3. The molecule has 2 rings (SSSR count). The number of ketones is 1. The van der Waals surface area contributed by atoms with Gasteiger partial charge >= 0.3 is 6.18 Å². The Balaban J connectivity index is 2.26. The molecule has 0 aromatic carbocycles. The van der Waals surface area contributed by atoms with Crippen molar-refractivity contribution in [2.45, 2.75) is 13.1 Å². The van der Waals surface area contributed by atoms with Gasteiger partial charge in [0.15, 0.2) is 5.78 Å². The van der Waals surface area contributed by atoms with Gasteiger partial charge in [0.05, 0.1) is 10.6 Å². The fourth-order valence-electron chi connectivity index (χ4n) is 2.17. The van der Waals surface area contributed by atoms with Crippen molar-refractivity contribution in [2.75, 3.05) is 29.7 Å². The molecule has 0 N–H and O–H groups in total. The van der Waals surface area contributed by atoms with Gasteiger partial charge in [0.25, 0.3) is 0 Å². The molecule has 23 heavy (non-hydrogen) atoms. The minimum atomic E-state index is -4.57. The van der Waals surface area contributed by atoms with E-state index in [1.165, 1.54) is 18.4 Å². The Labute approximate surface area is 134 Å². The third kappa shape index (κ3) is 3.83. The highest BCUT2D eigenvalue weighted by atomic mass is 32.2. The number of fused-ring (bicyclic) bond motifs is 1. The molecule has 128 valence electrons. The zero-order valence-corrected chi connectivity index (χ0v) is 13.6. The predicted octanol–water partition coefficient (Wildman–Crippen LogP) is 1.49. The van der Waals surface area contributed by atoms with Crippen LogP contribution in [-0.4, -0.2) is 56.6 Å². The molecular weight excluding hydrogens is 357 g/mol. The molecule has 1 aromatic rings. The molecule has 0 saturated heterocycles. The maximum atomic E-state index is 12.5. The number of carbonyl (C=O) groups is 2. The van der Waals surface area contributed by atoms with Gasteiger partial charge in [-0.05, 0) is 18.4 Å². The summed E-state index contributed by atoms with van der Waals surface area (Å²) in [5.74, 6) is -2.35. The first-order valence-corrected chi connectivity index (χ1v) is 8.99. The number of sulfonamides is 1. The van der Waals surface area contributed by atoms with Crippen LogP contribution in [0, 0.1) is 0 Å². The van der Waals surface area contributed by atoms with Gasteiger partial charge in [-0.1, -0.05) is 0 Å². The number of carbonyl (C=O) groups excluding carboxylic acids is 2. The summed E-state index contributed by atoms with van der Waals surface area (Å²) < 4.78 is 62.3. The van der Waals surface area contributed by atoms with Crippen molar-refractivity contribution >= 4 is 38.7 Å². The molecular formula is C12H13F3N2O4S2. The normalized spacial score (nSPS) is 17.0. The zero-order valence-electron chi connectivity index (χ0n) is 12.0. The molecule has 1 amide bonds. The van der Waals surface area contributed by atoms with Crippen LogP contribution in [0.2, 0.25) is 0 Å². The molecule has 1 aliphatic rings. The Kier molecular flexibility index (Phi) is 4.71. The Bertz CT molecular complexity index is 727. The standard InChI is InChI=1S/C12H13F3N2O4S2/c1-2-16(7-12(13,14)15)10(19)5-17-8-3-4-22-11(8)9(18)6-23(17,20)21/h3-4H,2,5-7H2,1H3. The van der Waals surface area contributed by atoms with Crippen LogP contribution >= 0.6 is 11.3 Å². The summed E-state index contributed by atoms with van der Waals surface area (Å²) in [6.07, 6.45) is -4.57. The van der Waals surface area contributed by atoms with Gasteiger partial charge < -0.3 is 4.90 Å². The molecule has 0 spiro atoms. The molecule has 11 heteroatoms. The van der Waals surface area contributed by atoms with Crippen LogP contribution in [-0.2, 0) is 14.8 Å². The van der Waals surface area contributed by atoms with Crippen molar-refractivity contribution < 1.29 is 31.2 Å². The summed E-state index contributed by atoms with van der Waals surface area (Å²) in [5, 5.41) is 1.49. The van der Waals surface area contributed by atoms with Crippen molar-refractivity contribution in [3.63, 3.8) is 0 Å². The van der Waals surface area contributed by atoms with Crippen molar-refractivity contribution in [3.05, 3.63) is 16.3 Å². The SMILES string of the molecule is CCN(CC(F)(F)F)C(=O)CN1c2ccsc2C(=O)CS1(=O)=O. The first kappa shape index (κ1) is 17.7. The van der Waals surface area contributed by atoms with Crippen molar-refractivity contribution in [3.8, 4) is 0 Å². The van der Waals surface area contributed by atoms with E-state index in [1.54, 1.807) is 0 Å². The van der Waals surface area contributed by atoms with E-state index in [4.69, 9.17) is 0 Å². The number of hydrogen-bond donors (Lipinski definition) is 0. The average molecular weight is 370 g/mol. The lowest BCUT2D eigenvalue weighted by atomic mass is 10.3. The van der Waals surface area contributed by atoms with Gasteiger partial charge in [-0.25, -0.2) is 8.42 Å². The van der Waals surface area contributed by atoms with Crippen molar-refractivity contribution in [2.24, 2.45) is 0 Å². The van der Waals surface area contributed by atoms with E-state index >= 15 is 0 Å². The topological polar surface area (TPSA) is 74.8 Å². The number of thiophene rings is 1. The highest BCUT2D eigenvalue weighted by Gasteiger charge is 2.39. The highest BCUT2D eigenvalue weighted by Crippen LogP contribution is 2.33. The van der Waals surface area contributed by atoms with E-state index in [2.05, 4.69) is 0 Å². The third-order valence-electron chi connectivity index (χ3n) is 3.20. The Morgan fingerprint density at radius 1 is 1.43 bits per heavy atom. The fraction of sp³-hybridized carbons (Fsp3) is 0.500. The highest BCUT2D eigenvalue weighted by molar-refractivity contribution is 7.93. The van der Waals surface area contributed by atoms with Gasteiger partial charge in [-0.3, -0.25) is 13.9 Å². The molecule has 0 bridgehead atoms. The predicted molar refractivity (Wildman–Crippen MR) is 78.1 cm³/mol. The number of amides is 1. The number of hydrogen-bond acceptors (Lipinski definition) is 5. The Morgan fingerprint density at radius 3 is 2.65 bits per heavy atom. The zero-order chi connectivity index (χ0) is 17.4. The lowest BCUT2D eigenvalue weighted by Gasteiger charge is -2.30. The van der Waals surface area contributed by atoms with E-state index in [0.717, 1.165) is 11.3 Å². The summed E-state index contributed by atoms with van der Waals surface area (Å²) in [6, 6.07) is 1.36. The van der Waals surface area contributed by atoms with Crippen LogP contribution < -0.4 is 4.31 Å². The summed E-state index contributed by atoms with van der Waals surface area (Å²) in [6.45, 7) is -1.05. The first-order chi connectivity index (χ1) is 10.5. The van der Waals surface area contributed by atoms with Crippen molar-refractivity contribution in [1.29, 1.82) is 0 Å². The van der Waals surface area contributed by atoms with Crippen LogP contribution in [0.25, 0.3) is 0 Å². The number of rotatable bonds is 4. The fourth-order valence-corrected chi connectivity index (χ4v) is 4.54. The van der Waals surface area contributed by atoms with Crippen molar-refractivity contribution in [1.82, 2.24) is 4.90 Å². The van der Waals surface area contributed by atoms with Gasteiger partial charge in [-0.15, -0.1) is 11.3 Å². The van der Waals surface area contributed by atoms with E-state index in [1.807, 2.05) is 0 Å². The van der Waals surface area contributed by atoms with Gasteiger partial charge in [-0.2, -0.15) is 13.2 Å². The van der Waals surface area contributed by atoms with Crippen LogP contribution in [0.3, 0.4) is 0 Å². The number of halogens is 3. The van der Waals surface area contributed by atoms with Gasteiger partial charge in [0, 0.05) is 6.54 Å². The second-order valence-corrected chi connectivity index (χ2v) is 7.65. The maximum Gasteiger partial charge on any atom is 0.406 e. The molecule has 0 atom stereocenters. The number of Topliss-reactive ketones (excluding diaryl/α,β-unsaturated/α-hetero) is 1. The molecule has 1 aliphatic heterocycles. The average Bonchev–Trinajstić information content (AvgIpc) is 2.88. The van der Waals surface area contributed by atoms with Crippen LogP contribution in [0.5, 0.6) is 0 Å². The van der Waals surface area contributed by atoms with Gasteiger partial charge in [0.1, 0.15) is 18.8 Å². The summed E-state index contributed by atoms with van der Waals surface area (Å²) in [5.41, 5.74) is 0.0441. The Hall–Kier alpha value is -1.62. The molecule has 1 aromatic heterocycles. The second kappa shape index (κ2) is 6.11. The minimum Gasteiger partial charge on any atom is -0.332 e. The molecule has 0 fully saturated rings. The first-order valence-electron chi connectivity index (χ1n) is 6.51. The molecule has 0 unspecified atom stereocenters. The molecule has 0 aliphatic carbocycles. The number of likely N-dealkylation sites (N-methyl/N-ethyl adjacent to an activating group) is 1. The Morgan fingerprint density at radius 2 is 2.09 bits per heavy atom. The molecule has 2 heterocycles. The van der Waals surface area contributed by atoms with Crippen LogP contribution in [0.15, 0.2) is 11.4 Å².